The first-order valence-corrected chi connectivity index (χ1v) is 3.90. The van der Waals surface area contributed by atoms with Crippen molar-refractivity contribution in [1.29, 1.82) is 0 Å². The van der Waals surface area contributed by atoms with Gasteiger partial charge in [0.1, 0.15) is 4.92 Å². The number of nitro groups is 1. The van der Waals surface area contributed by atoms with Gasteiger partial charge in [0.15, 0.2) is 0 Å². The second-order valence-electron chi connectivity index (χ2n) is 2.93. The molecule has 0 aromatic heterocycles. The number of hydrogen-bond donors (Lipinski definition) is 0. The van der Waals surface area contributed by atoms with Crippen molar-refractivity contribution in [2.75, 3.05) is 0 Å². The fourth-order valence-corrected chi connectivity index (χ4v) is 1.50. The molecule has 1 aliphatic carbocycles. The van der Waals surface area contributed by atoms with Crippen LogP contribution in [-0.2, 0) is 4.79 Å². The molecule has 0 aromatic rings. The van der Waals surface area contributed by atoms with Gasteiger partial charge in [0.2, 0.25) is 0 Å². The van der Waals surface area contributed by atoms with Crippen LogP contribution in [0.3, 0.4) is 0 Å². The van der Waals surface area contributed by atoms with E-state index in [0.717, 1.165) is 19.3 Å². The number of rotatable bonds is 1. The summed E-state index contributed by atoms with van der Waals surface area (Å²) in [6, 6.07) is 0. The number of hydrogen-bond acceptors (Lipinski definition) is 3. The summed E-state index contributed by atoms with van der Waals surface area (Å²) >= 11 is 0. The third kappa shape index (κ3) is 2.00. The van der Waals surface area contributed by atoms with Crippen molar-refractivity contribution in [3.63, 3.8) is 0 Å². The molecule has 0 aliphatic heterocycles. The minimum Gasteiger partial charge on any atom is -0.256 e. The summed E-state index contributed by atoms with van der Waals surface area (Å²) in [4.78, 5) is 20.1. The molecular weight excluding hydrogens is 146 g/mol. The van der Waals surface area contributed by atoms with Gasteiger partial charge in [-0.3, -0.25) is 10.1 Å². The number of nitrogens with zero attached hydrogens (tertiary/aromatic N) is 1. The van der Waals surface area contributed by atoms with Crippen LogP contribution in [0.4, 0.5) is 0 Å². The summed E-state index contributed by atoms with van der Waals surface area (Å²) in [7, 11) is 0. The zero-order valence-corrected chi connectivity index (χ0v) is 6.28. The molecule has 1 amide bonds. The lowest BCUT2D eigenvalue weighted by atomic mass is 9.89. The summed E-state index contributed by atoms with van der Waals surface area (Å²) in [6.07, 6.45) is 4.45. The molecule has 0 N–H and O–H groups in total. The Kier molecular flexibility index (Phi) is 2.57. The molecule has 1 saturated carbocycles. The topological polar surface area (TPSA) is 60.2 Å². The van der Waals surface area contributed by atoms with Gasteiger partial charge in [0, 0.05) is 0 Å². The van der Waals surface area contributed by atoms with Crippen LogP contribution < -0.4 is 0 Å². The molecule has 0 unspecified atom stereocenters. The Hall–Kier alpha value is -0.930. The average molecular weight is 157 g/mol. The lowest BCUT2D eigenvalue weighted by Gasteiger charge is -2.14. The van der Waals surface area contributed by atoms with Crippen LogP contribution in [-0.4, -0.2) is 10.8 Å². The van der Waals surface area contributed by atoms with E-state index < -0.39 is 10.8 Å². The van der Waals surface area contributed by atoms with Crippen molar-refractivity contribution < 1.29 is 9.72 Å². The monoisotopic (exact) mass is 157 g/mol. The van der Waals surface area contributed by atoms with Crippen molar-refractivity contribution in [3.05, 3.63) is 10.1 Å². The summed E-state index contributed by atoms with van der Waals surface area (Å²) in [5, 5.41) is 10.1. The second kappa shape index (κ2) is 3.46. The van der Waals surface area contributed by atoms with Crippen molar-refractivity contribution in [3.8, 4) is 0 Å². The first kappa shape index (κ1) is 8.17. The SMILES string of the molecule is O=C(C1CCCCC1)[N+](=O)[O-]. The van der Waals surface area contributed by atoms with Crippen LogP contribution in [0.25, 0.3) is 0 Å². The van der Waals surface area contributed by atoms with Crippen LogP contribution in [0.2, 0.25) is 0 Å². The average Bonchev–Trinajstić information content (AvgIpc) is 2.05. The predicted molar refractivity (Wildman–Crippen MR) is 38.6 cm³/mol. The molecule has 4 nitrogen and oxygen atoms in total. The molecule has 1 rings (SSSR count). The zero-order chi connectivity index (χ0) is 8.27. The van der Waals surface area contributed by atoms with E-state index in [1.165, 1.54) is 0 Å². The second-order valence-corrected chi connectivity index (χ2v) is 2.93. The minimum atomic E-state index is -0.787. The Labute approximate surface area is 64.7 Å². The van der Waals surface area contributed by atoms with E-state index in [-0.39, 0.29) is 5.92 Å². The van der Waals surface area contributed by atoms with Crippen molar-refractivity contribution in [2.45, 2.75) is 32.1 Å². The lowest BCUT2D eigenvalue weighted by molar-refractivity contribution is -0.407. The minimum absolute atomic E-state index is 0.293. The van der Waals surface area contributed by atoms with Crippen molar-refractivity contribution >= 4 is 5.91 Å². The Balaban J connectivity index is 2.45. The molecule has 0 saturated heterocycles. The smallest absolute Gasteiger partial charge is 0.256 e. The highest BCUT2D eigenvalue weighted by Crippen LogP contribution is 2.24. The lowest BCUT2D eigenvalue weighted by Crippen LogP contribution is -2.24. The first-order chi connectivity index (χ1) is 5.22. The molecule has 1 aliphatic rings. The van der Waals surface area contributed by atoms with Gasteiger partial charge in [-0.25, -0.2) is 4.79 Å². The number of carbonyl (C=O) groups is 1. The van der Waals surface area contributed by atoms with E-state index in [1.807, 2.05) is 0 Å². The Bertz CT molecular complexity index is 173. The largest absolute Gasteiger partial charge is 0.447 e. The molecule has 0 heterocycles. The normalized spacial score (nSPS) is 19.6. The van der Waals surface area contributed by atoms with Gasteiger partial charge in [-0.15, -0.1) is 0 Å². The first-order valence-electron chi connectivity index (χ1n) is 3.90. The maximum atomic E-state index is 10.8. The summed E-state index contributed by atoms with van der Waals surface area (Å²) in [6.45, 7) is 0. The predicted octanol–water partition coefficient (Wildman–Crippen LogP) is 1.37. The van der Waals surface area contributed by atoms with Gasteiger partial charge in [-0.05, 0) is 12.8 Å². The standard InChI is InChI=1S/C7H11NO3/c9-7(8(10)11)6-4-2-1-3-5-6/h6H,1-5H2. The highest BCUT2D eigenvalue weighted by atomic mass is 16.6. The maximum absolute atomic E-state index is 10.8. The van der Waals surface area contributed by atoms with Crippen LogP contribution in [0, 0.1) is 16.0 Å². The van der Waals surface area contributed by atoms with E-state index in [0.29, 0.717) is 12.8 Å². The van der Waals surface area contributed by atoms with Crippen molar-refractivity contribution in [2.24, 2.45) is 5.92 Å². The Morgan fingerprint density at radius 2 is 1.82 bits per heavy atom. The molecule has 0 atom stereocenters. The van der Waals surface area contributed by atoms with E-state index in [2.05, 4.69) is 0 Å². The van der Waals surface area contributed by atoms with Crippen LogP contribution in [0.5, 0.6) is 0 Å². The Morgan fingerprint density at radius 1 is 1.27 bits per heavy atom. The Morgan fingerprint density at radius 3 is 2.27 bits per heavy atom. The molecule has 1 fully saturated rings. The summed E-state index contributed by atoms with van der Waals surface area (Å²) < 4.78 is 0. The van der Waals surface area contributed by atoms with Gasteiger partial charge in [0.05, 0.1) is 5.92 Å². The van der Waals surface area contributed by atoms with Crippen LogP contribution in [0.1, 0.15) is 32.1 Å². The molecule has 4 heteroatoms. The molecule has 0 radical (unpaired) electrons. The quantitative estimate of drug-likeness (QED) is 0.426. The van der Waals surface area contributed by atoms with Gasteiger partial charge in [0.25, 0.3) is 0 Å². The van der Waals surface area contributed by atoms with Crippen molar-refractivity contribution in [1.82, 2.24) is 0 Å². The fraction of sp³-hybridized carbons (Fsp3) is 0.857. The van der Waals surface area contributed by atoms with E-state index in [9.17, 15) is 14.9 Å². The van der Waals surface area contributed by atoms with Gasteiger partial charge in [-0.2, -0.15) is 0 Å². The number of carbonyl (C=O) groups excluding carboxylic acids is 1. The fourth-order valence-electron chi connectivity index (χ4n) is 1.50. The molecule has 0 bridgehead atoms. The molecule has 0 aromatic carbocycles. The number of amides is 1. The van der Waals surface area contributed by atoms with E-state index >= 15 is 0 Å². The molecule has 11 heavy (non-hydrogen) atoms. The molecule has 0 spiro atoms. The van der Waals surface area contributed by atoms with Gasteiger partial charge >= 0.3 is 5.91 Å². The molecular formula is C7H11NO3. The summed E-state index contributed by atoms with van der Waals surface area (Å²) in [5.41, 5.74) is 0. The zero-order valence-electron chi connectivity index (χ0n) is 6.28. The van der Waals surface area contributed by atoms with E-state index in [1.54, 1.807) is 0 Å². The third-order valence-corrected chi connectivity index (χ3v) is 2.13. The maximum Gasteiger partial charge on any atom is 0.447 e. The highest BCUT2D eigenvalue weighted by molar-refractivity contribution is 5.70. The van der Waals surface area contributed by atoms with Crippen LogP contribution in [0.15, 0.2) is 0 Å². The van der Waals surface area contributed by atoms with Gasteiger partial charge < -0.3 is 0 Å². The van der Waals surface area contributed by atoms with Gasteiger partial charge in [-0.1, -0.05) is 19.3 Å². The third-order valence-electron chi connectivity index (χ3n) is 2.13. The summed E-state index contributed by atoms with van der Waals surface area (Å²) in [5.74, 6) is -1.08. The molecule has 62 valence electrons. The van der Waals surface area contributed by atoms with E-state index in [4.69, 9.17) is 0 Å². The highest BCUT2D eigenvalue weighted by Gasteiger charge is 2.29. The van der Waals surface area contributed by atoms with Crippen LogP contribution >= 0.6 is 0 Å².